The molecule has 2 aromatic rings. The Morgan fingerprint density at radius 2 is 1.71 bits per heavy atom. The maximum absolute atomic E-state index is 13.4. The zero-order valence-electron chi connectivity index (χ0n) is 7.63. The van der Waals surface area contributed by atoms with Gasteiger partial charge in [-0.2, -0.15) is 0 Å². The first-order chi connectivity index (χ1) is 6.70. The fourth-order valence-electron chi connectivity index (χ4n) is 1.54. The van der Waals surface area contributed by atoms with Crippen LogP contribution in [0.15, 0.2) is 43.0 Å². The van der Waals surface area contributed by atoms with E-state index in [0.29, 0.717) is 11.1 Å². The van der Waals surface area contributed by atoms with Gasteiger partial charge in [-0.25, -0.2) is 4.39 Å². The molecule has 0 bridgehead atoms. The van der Waals surface area contributed by atoms with E-state index in [-0.39, 0.29) is 5.82 Å². The molecule has 0 heterocycles. The lowest BCUT2D eigenvalue weighted by Gasteiger charge is -2.06. The molecule has 0 atom stereocenters. The average Bonchev–Trinajstić information content (AvgIpc) is 2.18. The third-order valence-electron chi connectivity index (χ3n) is 2.22. The minimum absolute atomic E-state index is 0.231. The van der Waals surface area contributed by atoms with Crippen LogP contribution in [0.4, 0.5) is 4.39 Å². The molecule has 2 N–H and O–H groups in total. The highest BCUT2D eigenvalue weighted by Crippen LogP contribution is 2.24. The second-order valence-corrected chi connectivity index (χ2v) is 3.17. The summed E-state index contributed by atoms with van der Waals surface area (Å²) >= 11 is 0. The number of fused-ring (bicyclic) bond motifs is 1. The number of hydrogen-bond acceptors (Lipinski definition) is 1. The maximum Gasteiger partial charge on any atom is 0.131 e. The van der Waals surface area contributed by atoms with Gasteiger partial charge in [-0.05, 0) is 17.5 Å². The van der Waals surface area contributed by atoms with Crippen LogP contribution in [-0.2, 0) is 0 Å². The Morgan fingerprint density at radius 1 is 1.07 bits per heavy atom. The highest BCUT2D eigenvalue weighted by atomic mass is 19.1. The molecule has 0 spiro atoms. The third-order valence-corrected chi connectivity index (χ3v) is 2.22. The predicted octanol–water partition coefficient (Wildman–Crippen LogP) is 2.91. The molecule has 0 radical (unpaired) electrons. The van der Waals surface area contributed by atoms with Crippen molar-refractivity contribution in [2.45, 2.75) is 0 Å². The molecule has 70 valence electrons. The summed E-state index contributed by atoms with van der Waals surface area (Å²) in [5.74, 6) is -0.231. The van der Waals surface area contributed by atoms with Gasteiger partial charge in [-0.1, -0.05) is 30.8 Å². The Kier molecular flexibility index (Phi) is 1.97. The minimum atomic E-state index is -0.231. The fourth-order valence-corrected chi connectivity index (χ4v) is 1.54. The van der Waals surface area contributed by atoms with E-state index < -0.39 is 0 Å². The first-order valence-electron chi connectivity index (χ1n) is 4.32. The summed E-state index contributed by atoms with van der Waals surface area (Å²) < 4.78 is 13.4. The first kappa shape index (κ1) is 8.75. The highest BCUT2D eigenvalue weighted by Gasteiger charge is 2.05. The average molecular weight is 187 g/mol. The summed E-state index contributed by atoms with van der Waals surface area (Å²) in [6.07, 6.45) is 0. The largest absolute Gasteiger partial charge is 0.399 e. The van der Waals surface area contributed by atoms with Crippen LogP contribution in [0.1, 0.15) is 5.56 Å². The molecule has 2 heteroatoms. The van der Waals surface area contributed by atoms with Crippen LogP contribution in [-0.4, -0.2) is 0 Å². The smallest absolute Gasteiger partial charge is 0.131 e. The van der Waals surface area contributed by atoms with Gasteiger partial charge in [0.2, 0.25) is 0 Å². The van der Waals surface area contributed by atoms with Crippen LogP contribution >= 0.6 is 0 Å². The van der Waals surface area contributed by atoms with Crippen molar-refractivity contribution in [1.29, 1.82) is 0 Å². The van der Waals surface area contributed by atoms with Gasteiger partial charge in [0, 0.05) is 16.6 Å². The van der Waals surface area contributed by atoms with Crippen LogP contribution < -0.4 is 5.73 Å². The van der Waals surface area contributed by atoms with E-state index in [2.05, 4.69) is 6.58 Å². The van der Waals surface area contributed by atoms with Crippen molar-refractivity contribution >= 4 is 16.5 Å². The molecular formula is C12H10FN. The number of benzene rings is 2. The van der Waals surface area contributed by atoms with Crippen LogP contribution in [0.2, 0.25) is 0 Å². The Labute approximate surface area is 81.7 Å². The van der Waals surface area contributed by atoms with Gasteiger partial charge in [0.1, 0.15) is 5.82 Å². The number of nitrogens with two attached hydrogens (primary N) is 1. The van der Waals surface area contributed by atoms with Crippen molar-refractivity contribution in [2.24, 2.45) is 5.73 Å². The second kappa shape index (κ2) is 3.14. The van der Waals surface area contributed by atoms with Gasteiger partial charge in [-0.15, -0.1) is 0 Å². The third kappa shape index (κ3) is 1.25. The lowest BCUT2D eigenvalue weighted by Crippen LogP contribution is -1.95. The molecule has 0 amide bonds. The van der Waals surface area contributed by atoms with Crippen LogP contribution in [0.25, 0.3) is 16.5 Å². The molecule has 2 rings (SSSR count). The van der Waals surface area contributed by atoms with Crippen molar-refractivity contribution in [2.75, 3.05) is 0 Å². The van der Waals surface area contributed by atoms with E-state index in [0.717, 1.165) is 10.9 Å². The number of rotatable bonds is 1. The molecule has 0 aliphatic heterocycles. The first-order valence-corrected chi connectivity index (χ1v) is 4.32. The summed E-state index contributed by atoms with van der Waals surface area (Å²) in [7, 11) is 0. The molecule has 0 saturated heterocycles. The normalized spacial score (nSPS) is 10.4. The van der Waals surface area contributed by atoms with E-state index >= 15 is 0 Å². The van der Waals surface area contributed by atoms with E-state index in [1.807, 2.05) is 12.1 Å². The number of halogens is 1. The van der Waals surface area contributed by atoms with Crippen LogP contribution in [0.5, 0.6) is 0 Å². The lowest BCUT2D eigenvalue weighted by molar-refractivity contribution is 0.640. The second-order valence-electron chi connectivity index (χ2n) is 3.17. The molecule has 2 aromatic carbocycles. The summed E-state index contributed by atoms with van der Waals surface area (Å²) in [5, 5.41) is 1.39. The van der Waals surface area contributed by atoms with Crippen molar-refractivity contribution in [1.82, 2.24) is 0 Å². The zero-order valence-corrected chi connectivity index (χ0v) is 7.63. The van der Waals surface area contributed by atoms with Crippen molar-refractivity contribution in [3.05, 3.63) is 54.4 Å². The van der Waals surface area contributed by atoms with Gasteiger partial charge in [0.15, 0.2) is 0 Å². The summed E-state index contributed by atoms with van der Waals surface area (Å²) in [6.45, 7) is 3.66. The molecule has 0 aliphatic rings. The molecule has 14 heavy (non-hydrogen) atoms. The predicted molar refractivity (Wildman–Crippen MR) is 57.1 cm³/mol. The molecular weight excluding hydrogens is 177 g/mol. The quantitative estimate of drug-likeness (QED) is 0.729. The molecule has 0 saturated carbocycles. The van der Waals surface area contributed by atoms with E-state index in [9.17, 15) is 4.39 Å². The maximum atomic E-state index is 13.4. The Hall–Kier alpha value is -1.83. The summed E-state index contributed by atoms with van der Waals surface area (Å²) in [5.41, 5.74) is 6.87. The van der Waals surface area contributed by atoms with Crippen molar-refractivity contribution in [3.8, 4) is 0 Å². The minimum Gasteiger partial charge on any atom is -0.399 e. The molecule has 1 nitrogen and oxygen atoms in total. The van der Waals surface area contributed by atoms with Gasteiger partial charge in [-0.3, -0.25) is 0 Å². The zero-order chi connectivity index (χ0) is 10.1. The standard InChI is InChI=1S/C12H10FN/c1-8(14)9-6-7-12(13)11-5-3-2-4-10(9)11/h2-7H,1,14H2. The van der Waals surface area contributed by atoms with Crippen molar-refractivity contribution in [3.63, 3.8) is 0 Å². The van der Waals surface area contributed by atoms with Gasteiger partial charge >= 0.3 is 0 Å². The Balaban J connectivity index is 2.88. The van der Waals surface area contributed by atoms with Crippen LogP contribution in [0.3, 0.4) is 0 Å². The summed E-state index contributed by atoms with van der Waals surface area (Å²) in [4.78, 5) is 0. The molecule has 0 fully saturated rings. The Bertz CT molecular complexity index is 503. The van der Waals surface area contributed by atoms with Crippen molar-refractivity contribution < 1.29 is 4.39 Å². The van der Waals surface area contributed by atoms with Gasteiger partial charge in [0.05, 0.1) is 0 Å². The van der Waals surface area contributed by atoms with Crippen LogP contribution in [0, 0.1) is 5.82 Å². The fraction of sp³-hybridized carbons (Fsp3) is 0. The highest BCUT2D eigenvalue weighted by molar-refractivity contribution is 5.93. The SMILES string of the molecule is C=C(N)c1ccc(F)c2ccccc12. The molecule has 0 aromatic heterocycles. The summed E-state index contributed by atoms with van der Waals surface area (Å²) in [6, 6.07) is 10.3. The topological polar surface area (TPSA) is 26.0 Å². The van der Waals surface area contributed by atoms with Gasteiger partial charge in [0.25, 0.3) is 0 Å². The van der Waals surface area contributed by atoms with Gasteiger partial charge < -0.3 is 5.73 Å². The number of hydrogen-bond donors (Lipinski definition) is 1. The van der Waals surface area contributed by atoms with E-state index in [1.165, 1.54) is 6.07 Å². The molecule has 0 aliphatic carbocycles. The molecule has 0 unspecified atom stereocenters. The van der Waals surface area contributed by atoms with E-state index in [1.54, 1.807) is 18.2 Å². The van der Waals surface area contributed by atoms with E-state index in [4.69, 9.17) is 5.73 Å². The Morgan fingerprint density at radius 3 is 2.36 bits per heavy atom. The monoisotopic (exact) mass is 187 g/mol. The lowest BCUT2D eigenvalue weighted by atomic mass is 10.0.